The summed E-state index contributed by atoms with van der Waals surface area (Å²) in [6, 6.07) is 16.1. The monoisotopic (exact) mass is 405 g/mol. The molecule has 1 aromatic heterocycles. The molecule has 0 fully saturated rings. The largest absolute Gasteiger partial charge is 0.464 e. The van der Waals surface area contributed by atoms with E-state index in [1.807, 2.05) is 49.4 Å². The van der Waals surface area contributed by atoms with E-state index in [0.717, 1.165) is 11.6 Å². The molecule has 0 aliphatic heterocycles. The van der Waals surface area contributed by atoms with Crippen LogP contribution in [0.25, 0.3) is 5.69 Å². The number of methoxy groups -OCH3 is 1. The van der Waals surface area contributed by atoms with Crippen molar-refractivity contribution in [3.8, 4) is 5.69 Å². The molecule has 0 bridgehead atoms. The normalized spacial score (nSPS) is 11.3. The van der Waals surface area contributed by atoms with E-state index in [0.29, 0.717) is 16.9 Å². The number of aryl methyl sites for hydroxylation is 1. The number of carbonyl (C=O) groups excluding carboxylic acids is 2. The first-order valence-electron chi connectivity index (χ1n) is 9.35. The van der Waals surface area contributed by atoms with E-state index in [1.165, 1.54) is 11.8 Å². The average Bonchev–Trinajstić information content (AvgIpc) is 2.96. The molecule has 30 heavy (non-hydrogen) atoms. The Morgan fingerprint density at radius 3 is 2.23 bits per heavy atom. The zero-order valence-electron chi connectivity index (χ0n) is 17.3. The lowest BCUT2D eigenvalue weighted by molar-refractivity contribution is -0.135. The van der Waals surface area contributed by atoms with Crippen molar-refractivity contribution in [1.29, 1.82) is 0 Å². The minimum Gasteiger partial charge on any atom is -0.464 e. The predicted molar refractivity (Wildman–Crippen MR) is 115 cm³/mol. The lowest BCUT2D eigenvalue weighted by Crippen LogP contribution is -2.22. The summed E-state index contributed by atoms with van der Waals surface area (Å²) >= 11 is 0. The van der Waals surface area contributed by atoms with Crippen LogP contribution in [0.2, 0.25) is 0 Å². The van der Waals surface area contributed by atoms with E-state index < -0.39 is 5.97 Å². The number of rotatable bonds is 6. The van der Waals surface area contributed by atoms with Crippen LogP contribution in [0.4, 0.5) is 5.69 Å². The fourth-order valence-electron chi connectivity index (χ4n) is 3.04. The summed E-state index contributed by atoms with van der Waals surface area (Å²) in [7, 11) is 2.96. The fraction of sp³-hybridized carbons (Fsp3) is 0.174. The first-order valence-corrected chi connectivity index (χ1v) is 9.35. The second kappa shape index (κ2) is 8.65. The fourth-order valence-corrected chi connectivity index (χ4v) is 3.04. The summed E-state index contributed by atoms with van der Waals surface area (Å²) < 4.78 is 7.96. The third-order valence-corrected chi connectivity index (χ3v) is 4.83. The molecule has 1 N–H and O–H groups in total. The molecule has 0 unspecified atom stereocenters. The van der Waals surface area contributed by atoms with Gasteiger partial charge in [-0.25, -0.2) is 9.48 Å². The topological polar surface area (TPSA) is 82.3 Å². The number of aromatic nitrogens is 2. The van der Waals surface area contributed by atoms with E-state index in [9.17, 15) is 14.4 Å². The number of hydrogen-bond acceptors (Lipinski definition) is 5. The molecule has 0 aliphatic carbocycles. The third kappa shape index (κ3) is 4.10. The smallest absolute Gasteiger partial charge is 0.354 e. The maximum Gasteiger partial charge on any atom is 0.354 e. The maximum atomic E-state index is 13.1. The highest BCUT2D eigenvalue weighted by Gasteiger charge is 2.21. The molecule has 3 rings (SSSR count). The average molecular weight is 405 g/mol. The Labute approximate surface area is 174 Å². The standard InChI is InChI=1S/C23H23N3O4/c1-15-10-12-17(13-11-15)20(27)14-19(23(29)30-4)24-21-16(2)25(3)26(22(21)28)18-8-6-5-7-9-18/h5-14,24H,1-4H3. The molecule has 154 valence electrons. The van der Waals surface area contributed by atoms with Gasteiger partial charge in [0.25, 0.3) is 5.56 Å². The Morgan fingerprint density at radius 1 is 1.00 bits per heavy atom. The number of ether oxygens (including phenoxy) is 1. The number of esters is 1. The highest BCUT2D eigenvalue weighted by Crippen LogP contribution is 2.17. The van der Waals surface area contributed by atoms with Gasteiger partial charge < -0.3 is 10.1 Å². The van der Waals surface area contributed by atoms with Crippen molar-refractivity contribution in [2.45, 2.75) is 13.8 Å². The van der Waals surface area contributed by atoms with Crippen LogP contribution in [0.1, 0.15) is 21.6 Å². The van der Waals surface area contributed by atoms with Crippen LogP contribution in [-0.2, 0) is 16.6 Å². The number of allylic oxidation sites excluding steroid dienone is 1. The molecule has 2 aromatic carbocycles. The summed E-state index contributed by atoms with van der Waals surface area (Å²) in [4.78, 5) is 38.0. The van der Waals surface area contributed by atoms with Gasteiger partial charge in [-0.05, 0) is 26.0 Å². The Balaban J connectivity index is 2.02. The zero-order chi connectivity index (χ0) is 21.8. The van der Waals surface area contributed by atoms with Gasteiger partial charge in [-0.2, -0.15) is 0 Å². The van der Waals surface area contributed by atoms with Gasteiger partial charge in [0.15, 0.2) is 5.78 Å². The van der Waals surface area contributed by atoms with Gasteiger partial charge in [0.05, 0.1) is 18.5 Å². The lowest BCUT2D eigenvalue weighted by atomic mass is 10.1. The molecule has 0 saturated carbocycles. The van der Waals surface area contributed by atoms with Crippen molar-refractivity contribution in [3.63, 3.8) is 0 Å². The minimum atomic E-state index is -0.746. The summed E-state index contributed by atoms with van der Waals surface area (Å²) in [6.45, 7) is 3.67. The number of nitrogens with one attached hydrogen (secondary N) is 1. The van der Waals surface area contributed by atoms with E-state index >= 15 is 0 Å². The highest BCUT2D eigenvalue weighted by molar-refractivity contribution is 6.09. The molecule has 0 radical (unpaired) electrons. The molecule has 0 spiro atoms. The second-order valence-electron chi connectivity index (χ2n) is 6.84. The van der Waals surface area contributed by atoms with Gasteiger partial charge in [-0.1, -0.05) is 48.0 Å². The van der Waals surface area contributed by atoms with E-state index in [2.05, 4.69) is 5.32 Å². The van der Waals surface area contributed by atoms with E-state index in [4.69, 9.17) is 4.74 Å². The van der Waals surface area contributed by atoms with Gasteiger partial charge in [0.1, 0.15) is 11.4 Å². The summed E-state index contributed by atoms with van der Waals surface area (Å²) in [5.74, 6) is -1.12. The van der Waals surface area contributed by atoms with Crippen LogP contribution < -0.4 is 10.9 Å². The number of anilines is 1. The number of para-hydroxylation sites is 1. The number of benzene rings is 2. The van der Waals surface area contributed by atoms with Crippen LogP contribution in [0.3, 0.4) is 0 Å². The van der Waals surface area contributed by atoms with Crippen LogP contribution in [0.5, 0.6) is 0 Å². The molecular formula is C23H23N3O4. The van der Waals surface area contributed by atoms with Crippen molar-refractivity contribution in [2.24, 2.45) is 7.05 Å². The molecule has 7 nitrogen and oxygen atoms in total. The third-order valence-electron chi connectivity index (χ3n) is 4.83. The van der Waals surface area contributed by atoms with Crippen molar-refractivity contribution < 1.29 is 14.3 Å². The van der Waals surface area contributed by atoms with Crippen molar-refractivity contribution >= 4 is 17.4 Å². The minimum absolute atomic E-state index is 0.117. The SMILES string of the molecule is COC(=O)C(=CC(=O)c1ccc(C)cc1)Nc1c(C)n(C)n(-c2ccccc2)c1=O. The number of nitrogens with zero attached hydrogens (tertiary/aromatic N) is 2. The van der Waals surface area contributed by atoms with Crippen molar-refractivity contribution in [2.75, 3.05) is 12.4 Å². The summed E-state index contributed by atoms with van der Waals surface area (Å²) in [6.07, 6.45) is 1.15. The summed E-state index contributed by atoms with van der Waals surface area (Å²) in [5, 5.41) is 2.82. The van der Waals surface area contributed by atoms with Gasteiger partial charge in [-0.15, -0.1) is 0 Å². The van der Waals surface area contributed by atoms with Crippen LogP contribution in [0, 0.1) is 13.8 Å². The first kappa shape index (κ1) is 20.9. The van der Waals surface area contributed by atoms with Crippen LogP contribution in [0.15, 0.2) is 71.2 Å². The number of ketones is 1. The van der Waals surface area contributed by atoms with Gasteiger partial charge >= 0.3 is 5.97 Å². The molecule has 3 aromatic rings. The van der Waals surface area contributed by atoms with Crippen LogP contribution >= 0.6 is 0 Å². The Kier molecular flexibility index (Phi) is 6.01. The summed E-state index contributed by atoms with van der Waals surface area (Å²) in [5.41, 5.74) is 2.45. The molecular weight excluding hydrogens is 382 g/mol. The molecule has 0 atom stereocenters. The Hall–Kier alpha value is -3.87. The van der Waals surface area contributed by atoms with Crippen molar-refractivity contribution in [1.82, 2.24) is 9.36 Å². The zero-order valence-corrected chi connectivity index (χ0v) is 17.3. The van der Waals surface area contributed by atoms with Gasteiger partial charge in [0.2, 0.25) is 0 Å². The second-order valence-corrected chi connectivity index (χ2v) is 6.84. The van der Waals surface area contributed by atoms with E-state index in [-0.39, 0.29) is 22.7 Å². The van der Waals surface area contributed by atoms with Crippen LogP contribution in [-0.4, -0.2) is 28.2 Å². The predicted octanol–water partition coefficient (Wildman–Crippen LogP) is 3.14. The first-order chi connectivity index (χ1) is 14.3. The van der Waals surface area contributed by atoms with Gasteiger partial charge in [-0.3, -0.25) is 14.3 Å². The number of hydrogen-bond donors (Lipinski definition) is 1. The molecule has 0 aliphatic rings. The number of carbonyl (C=O) groups is 2. The quantitative estimate of drug-likeness (QED) is 0.387. The molecule has 0 saturated heterocycles. The molecule has 7 heteroatoms. The maximum absolute atomic E-state index is 13.1. The Bertz CT molecular complexity index is 1170. The van der Waals surface area contributed by atoms with Gasteiger partial charge in [0, 0.05) is 18.7 Å². The lowest BCUT2D eigenvalue weighted by Gasteiger charge is -2.08. The molecule has 1 heterocycles. The van der Waals surface area contributed by atoms with Crippen molar-refractivity contribution in [3.05, 3.63) is 93.5 Å². The van der Waals surface area contributed by atoms with E-state index in [1.54, 1.807) is 30.8 Å². The molecule has 0 amide bonds. The highest BCUT2D eigenvalue weighted by atomic mass is 16.5. The Morgan fingerprint density at radius 2 is 1.63 bits per heavy atom.